The molecular weight excluding hydrogens is 230 g/mol. The lowest BCUT2D eigenvalue weighted by molar-refractivity contribution is -0.138. The predicted molar refractivity (Wildman–Crippen MR) is 69.8 cm³/mol. The van der Waals surface area contributed by atoms with Gasteiger partial charge in [-0.1, -0.05) is 18.2 Å². The molecule has 0 amide bonds. The van der Waals surface area contributed by atoms with E-state index in [0.717, 1.165) is 30.5 Å². The van der Waals surface area contributed by atoms with Crippen LogP contribution in [0.3, 0.4) is 0 Å². The number of ether oxygens (including phenoxy) is 1. The summed E-state index contributed by atoms with van der Waals surface area (Å²) in [5, 5.41) is 12.4. The van der Waals surface area contributed by atoms with E-state index < -0.39 is 12.0 Å². The van der Waals surface area contributed by atoms with Gasteiger partial charge in [-0.25, -0.2) is 4.79 Å². The van der Waals surface area contributed by atoms with Crippen LogP contribution in [0.2, 0.25) is 0 Å². The third-order valence-electron chi connectivity index (χ3n) is 3.26. The van der Waals surface area contributed by atoms with Crippen molar-refractivity contribution < 1.29 is 14.6 Å². The van der Waals surface area contributed by atoms with E-state index in [2.05, 4.69) is 5.32 Å². The molecule has 1 unspecified atom stereocenters. The minimum atomic E-state index is -0.765. The molecule has 1 atom stereocenters. The van der Waals surface area contributed by atoms with Crippen molar-refractivity contribution in [3.05, 3.63) is 29.8 Å². The number of benzene rings is 1. The molecule has 1 aromatic rings. The van der Waals surface area contributed by atoms with Gasteiger partial charge in [-0.15, -0.1) is 0 Å². The van der Waals surface area contributed by atoms with Gasteiger partial charge in [0.1, 0.15) is 6.04 Å². The SMILES string of the molecule is COCCc1ccccc1NC(C(=O)O)C1CC1. The van der Waals surface area contributed by atoms with Crippen LogP contribution in [0, 0.1) is 5.92 Å². The molecule has 2 N–H and O–H groups in total. The Bertz CT molecular complexity index is 415. The Morgan fingerprint density at radius 3 is 2.83 bits per heavy atom. The minimum Gasteiger partial charge on any atom is -0.480 e. The minimum absolute atomic E-state index is 0.276. The summed E-state index contributed by atoms with van der Waals surface area (Å²) in [6.45, 7) is 0.639. The third-order valence-corrected chi connectivity index (χ3v) is 3.26. The molecule has 0 aromatic heterocycles. The van der Waals surface area contributed by atoms with Gasteiger partial charge >= 0.3 is 5.97 Å². The first-order valence-corrected chi connectivity index (χ1v) is 6.28. The first-order chi connectivity index (χ1) is 8.72. The summed E-state index contributed by atoms with van der Waals surface area (Å²) >= 11 is 0. The summed E-state index contributed by atoms with van der Waals surface area (Å²) in [5.74, 6) is -0.489. The number of hydrogen-bond acceptors (Lipinski definition) is 3. The fraction of sp³-hybridized carbons (Fsp3) is 0.500. The van der Waals surface area contributed by atoms with Crippen molar-refractivity contribution in [1.29, 1.82) is 0 Å². The molecule has 0 radical (unpaired) electrons. The zero-order chi connectivity index (χ0) is 13.0. The standard InChI is InChI=1S/C14H19NO3/c1-18-9-8-10-4-2-3-5-12(10)15-13(14(16)17)11-6-7-11/h2-5,11,13,15H,6-9H2,1H3,(H,16,17). The van der Waals surface area contributed by atoms with E-state index in [1.54, 1.807) is 7.11 Å². The topological polar surface area (TPSA) is 58.6 Å². The normalized spacial score (nSPS) is 16.3. The van der Waals surface area contributed by atoms with Crippen molar-refractivity contribution in [2.24, 2.45) is 5.92 Å². The van der Waals surface area contributed by atoms with E-state index in [4.69, 9.17) is 4.74 Å². The number of rotatable bonds is 7. The van der Waals surface area contributed by atoms with Gasteiger partial charge in [0.15, 0.2) is 0 Å². The molecule has 4 nitrogen and oxygen atoms in total. The maximum atomic E-state index is 11.2. The first-order valence-electron chi connectivity index (χ1n) is 6.28. The van der Waals surface area contributed by atoms with Crippen molar-refractivity contribution >= 4 is 11.7 Å². The summed E-state index contributed by atoms with van der Waals surface area (Å²) in [4.78, 5) is 11.2. The Hall–Kier alpha value is -1.55. The second-order valence-corrected chi connectivity index (χ2v) is 4.70. The number of hydrogen-bond donors (Lipinski definition) is 2. The van der Waals surface area contributed by atoms with Gasteiger partial charge in [-0.3, -0.25) is 0 Å². The highest BCUT2D eigenvalue weighted by molar-refractivity contribution is 5.78. The fourth-order valence-electron chi connectivity index (χ4n) is 2.07. The maximum Gasteiger partial charge on any atom is 0.326 e. The molecule has 98 valence electrons. The molecule has 1 fully saturated rings. The first kappa shape index (κ1) is 12.9. The number of para-hydroxylation sites is 1. The number of anilines is 1. The van der Waals surface area contributed by atoms with Crippen LogP contribution in [-0.2, 0) is 16.0 Å². The van der Waals surface area contributed by atoms with Gasteiger partial charge in [-0.2, -0.15) is 0 Å². The number of methoxy groups -OCH3 is 1. The molecule has 0 bridgehead atoms. The predicted octanol–water partition coefficient (Wildman–Crippen LogP) is 2.15. The summed E-state index contributed by atoms with van der Waals surface area (Å²) in [6, 6.07) is 7.36. The van der Waals surface area contributed by atoms with E-state index in [0.29, 0.717) is 6.61 Å². The Morgan fingerprint density at radius 1 is 1.50 bits per heavy atom. The second-order valence-electron chi connectivity index (χ2n) is 4.70. The summed E-state index contributed by atoms with van der Waals surface area (Å²) < 4.78 is 5.07. The van der Waals surface area contributed by atoms with Crippen LogP contribution in [0.4, 0.5) is 5.69 Å². The van der Waals surface area contributed by atoms with Gasteiger partial charge in [0.2, 0.25) is 0 Å². The maximum absolute atomic E-state index is 11.2. The van der Waals surface area contributed by atoms with Crippen LogP contribution >= 0.6 is 0 Å². The number of nitrogens with one attached hydrogen (secondary N) is 1. The van der Waals surface area contributed by atoms with Crippen molar-refractivity contribution in [2.75, 3.05) is 19.0 Å². The van der Waals surface area contributed by atoms with Crippen molar-refractivity contribution in [1.82, 2.24) is 0 Å². The molecule has 0 spiro atoms. The van der Waals surface area contributed by atoms with Gasteiger partial charge < -0.3 is 15.2 Å². The molecule has 0 heterocycles. The molecule has 4 heteroatoms. The lowest BCUT2D eigenvalue weighted by Gasteiger charge is -2.17. The molecule has 1 aromatic carbocycles. The smallest absolute Gasteiger partial charge is 0.326 e. The molecule has 1 saturated carbocycles. The van der Waals surface area contributed by atoms with Crippen molar-refractivity contribution in [2.45, 2.75) is 25.3 Å². The molecule has 18 heavy (non-hydrogen) atoms. The number of carboxylic acid groups (broad SMARTS) is 1. The Labute approximate surface area is 107 Å². The van der Waals surface area contributed by atoms with E-state index >= 15 is 0 Å². The van der Waals surface area contributed by atoms with Gasteiger partial charge in [0.25, 0.3) is 0 Å². The Morgan fingerprint density at radius 2 is 2.22 bits per heavy atom. The van der Waals surface area contributed by atoms with Crippen LogP contribution in [-0.4, -0.2) is 30.8 Å². The number of carbonyl (C=O) groups is 1. The molecular formula is C14H19NO3. The largest absolute Gasteiger partial charge is 0.480 e. The zero-order valence-corrected chi connectivity index (χ0v) is 10.6. The zero-order valence-electron chi connectivity index (χ0n) is 10.6. The van der Waals surface area contributed by atoms with Gasteiger partial charge in [0.05, 0.1) is 6.61 Å². The lowest BCUT2D eigenvalue weighted by atomic mass is 10.1. The highest BCUT2D eigenvalue weighted by atomic mass is 16.5. The van der Waals surface area contributed by atoms with E-state index in [1.165, 1.54) is 0 Å². The van der Waals surface area contributed by atoms with Gasteiger partial charge in [0, 0.05) is 12.8 Å². The highest BCUT2D eigenvalue weighted by Crippen LogP contribution is 2.34. The molecule has 0 saturated heterocycles. The molecule has 0 aliphatic heterocycles. The van der Waals surface area contributed by atoms with Crippen LogP contribution in [0.25, 0.3) is 0 Å². The third kappa shape index (κ3) is 3.23. The van der Waals surface area contributed by atoms with E-state index in [9.17, 15) is 9.90 Å². The molecule has 1 aliphatic carbocycles. The average Bonchev–Trinajstić information content (AvgIpc) is 3.18. The lowest BCUT2D eigenvalue weighted by Crippen LogP contribution is -2.31. The molecule has 1 aliphatic rings. The Kier molecular flexibility index (Phi) is 4.20. The molecule has 2 rings (SSSR count). The average molecular weight is 249 g/mol. The Balaban J connectivity index is 2.09. The van der Waals surface area contributed by atoms with Crippen LogP contribution < -0.4 is 5.32 Å². The monoisotopic (exact) mass is 249 g/mol. The summed E-state index contributed by atoms with van der Waals surface area (Å²) in [5.41, 5.74) is 2.01. The highest BCUT2D eigenvalue weighted by Gasteiger charge is 2.36. The quantitative estimate of drug-likeness (QED) is 0.777. The summed E-state index contributed by atoms with van der Waals surface area (Å²) in [7, 11) is 1.67. The number of aliphatic carboxylic acids is 1. The van der Waals surface area contributed by atoms with Crippen LogP contribution in [0.1, 0.15) is 18.4 Å². The second kappa shape index (κ2) is 5.87. The van der Waals surface area contributed by atoms with E-state index in [1.807, 2.05) is 24.3 Å². The summed E-state index contributed by atoms with van der Waals surface area (Å²) in [6.07, 6.45) is 2.80. The van der Waals surface area contributed by atoms with Crippen molar-refractivity contribution in [3.8, 4) is 0 Å². The number of carboxylic acids is 1. The fourth-order valence-corrected chi connectivity index (χ4v) is 2.07. The van der Waals surface area contributed by atoms with Crippen LogP contribution in [0.5, 0.6) is 0 Å². The van der Waals surface area contributed by atoms with E-state index in [-0.39, 0.29) is 5.92 Å². The van der Waals surface area contributed by atoms with Crippen molar-refractivity contribution in [3.63, 3.8) is 0 Å². The van der Waals surface area contributed by atoms with Gasteiger partial charge in [-0.05, 0) is 36.8 Å². The van der Waals surface area contributed by atoms with Crippen LogP contribution in [0.15, 0.2) is 24.3 Å².